The van der Waals surface area contributed by atoms with E-state index in [4.69, 9.17) is 0 Å². The maximum atomic E-state index is 12.8. The summed E-state index contributed by atoms with van der Waals surface area (Å²) in [7, 11) is 0.953. The molecular formula is C8H5F2IN2O4. The smallest absolute Gasteiger partial charge is 0.345 e. The van der Waals surface area contributed by atoms with Gasteiger partial charge in [0.1, 0.15) is 9.90 Å². The van der Waals surface area contributed by atoms with Crippen molar-refractivity contribution in [1.29, 1.82) is 0 Å². The fraction of sp³-hybridized carbons (Fsp3) is 0.250. The molecule has 9 heteroatoms. The van der Waals surface area contributed by atoms with Crippen LogP contribution in [0, 0.1) is 13.8 Å². The van der Waals surface area contributed by atoms with Crippen LogP contribution in [0.3, 0.4) is 0 Å². The number of carbonyl (C=O) groups excluding carboxylic acids is 1. The van der Waals surface area contributed by atoms with Gasteiger partial charge in [0.05, 0.1) is 17.6 Å². The molecule has 0 atom stereocenters. The van der Waals surface area contributed by atoms with Crippen LogP contribution >= 0.6 is 22.6 Å². The minimum atomic E-state index is -3.05. The van der Waals surface area contributed by atoms with Crippen LogP contribution in [0.25, 0.3) is 0 Å². The van der Waals surface area contributed by atoms with E-state index in [1.807, 2.05) is 0 Å². The third kappa shape index (κ3) is 2.65. The molecule has 0 bridgehead atoms. The molecule has 0 aromatic carbocycles. The molecule has 0 saturated heterocycles. The molecule has 0 N–H and O–H groups in total. The Morgan fingerprint density at radius 3 is 2.65 bits per heavy atom. The van der Waals surface area contributed by atoms with Gasteiger partial charge in [-0.1, -0.05) is 0 Å². The number of pyridine rings is 1. The Hall–Kier alpha value is -1.39. The molecule has 92 valence electrons. The maximum absolute atomic E-state index is 12.8. The van der Waals surface area contributed by atoms with Gasteiger partial charge in [-0.2, -0.15) is 0 Å². The molecule has 6 nitrogen and oxygen atoms in total. The average Bonchev–Trinajstić information content (AvgIpc) is 2.26. The quantitative estimate of drug-likeness (QED) is 0.272. The zero-order chi connectivity index (χ0) is 13.2. The molecule has 1 aromatic heterocycles. The molecule has 0 saturated carbocycles. The van der Waals surface area contributed by atoms with E-state index in [2.05, 4.69) is 9.72 Å². The van der Waals surface area contributed by atoms with Crippen molar-refractivity contribution in [3.63, 3.8) is 0 Å². The second kappa shape index (κ2) is 5.29. The molecule has 0 radical (unpaired) electrons. The summed E-state index contributed by atoms with van der Waals surface area (Å²) in [5.74, 6) is -1.19. The summed E-state index contributed by atoms with van der Waals surface area (Å²) in [5, 5.41) is 10.6. The van der Waals surface area contributed by atoms with Crippen LogP contribution in [0.2, 0.25) is 0 Å². The van der Waals surface area contributed by atoms with Crippen molar-refractivity contribution in [2.75, 3.05) is 7.11 Å². The Labute approximate surface area is 107 Å². The van der Waals surface area contributed by atoms with Crippen LogP contribution in [0.1, 0.15) is 22.3 Å². The predicted molar refractivity (Wildman–Crippen MR) is 59.9 cm³/mol. The molecule has 1 aromatic rings. The Kier molecular flexibility index (Phi) is 4.26. The molecule has 0 amide bonds. The van der Waals surface area contributed by atoms with Gasteiger partial charge in [0.25, 0.3) is 6.43 Å². The number of nitrogens with zero attached hydrogens (tertiary/aromatic N) is 2. The van der Waals surface area contributed by atoms with Crippen molar-refractivity contribution in [2.45, 2.75) is 6.43 Å². The van der Waals surface area contributed by atoms with Crippen LogP contribution in [0.15, 0.2) is 6.20 Å². The number of hydrogen-bond donors (Lipinski definition) is 0. The van der Waals surface area contributed by atoms with Crippen molar-refractivity contribution in [3.05, 3.63) is 31.1 Å². The van der Waals surface area contributed by atoms with E-state index in [-0.39, 0.29) is 3.70 Å². The second-order valence-electron chi connectivity index (χ2n) is 2.77. The van der Waals surface area contributed by atoms with Gasteiger partial charge in [0.2, 0.25) is 0 Å². The first-order chi connectivity index (χ1) is 7.90. The van der Waals surface area contributed by atoms with Crippen LogP contribution in [-0.2, 0) is 4.74 Å². The Bertz CT molecular complexity index is 481. The van der Waals surface area contributed by atoms with Crippen LogP contribution < -0.4 is 0 Å². The third-order valence-corrected chi connectivity index (χ3v) is 2.71. The van der Waals surface area contributed by atoms with Crippen molar-refractivity contribution in [2.24, 2.45) is 0 Å². The van der Waals surface area contributed by atoms with Crippen molar-refractivity contribution >= 4 is 34.2 Å². The molecule has 0 unspecified atom stereocenters. The number of nitro groups is 1. The van der Waals surface area contributed by atoms with E-state index < -0.39 is 34.1 Å². The van der Waals surface area contributed by atoms with E-state index in [9.17, 15) is 23.7 Å². The van der Waals surface area contributed by atoms with Gasteiger partial charge in [-0.05, 0) is 22.6 Å². The van der Waals surface area contributed by atoms with Crippen LogP contribution in [0.5, 0.6) is 0 Å². The summed E-state index contributed by atoms with van der Waals surface area (Å²) in [6.45, 7) is 0. The summed E-state index contributed by atoms with van der Waals surface area (Å²) < 4.78 is 29.6. The average molecular weight is 358 g/mol. The molecule has 1 rings (SSSR count). The normalized spacial score (nSPS) is 10.4. The molecule has 0 aliphatic carbocycles. The monoisotopic (exact) mass is 358 g/mol. The summed E-state index contributed by atoms with van der Waals surface area (Å²) in [6, 6.07) is 0. The molecule has 17 heavy (non-hydrogen) atoms. The Morgan fingerprint density at radius 1 is 1.65 bits per heavy atom. The third-order valence-electron chi connectivity index (χ3n) is 1.85. The van der Waals surface area contributed by atoms with Crippen LogP contribution in [-0.4, -0.2) is 23.0 Å². The lowest BCUT2D eigenvalue weighted by atomic mass is 10.1. The van der Waals surface area contributed by atoms with E-state index in [1.165, 1.54) is 22.6 Å². The summed E-state index contributed by atoms with van der Waals surface area (Å²) in [6.07, 6.45) is -2.30. The number of hydrogen-bond acceptors (Lipinski definition) is 5. The van der Waals surface area contributed by atoms with Crippen LogP contribution in [0.4, 0.5) is 14.5 Å². The van der Waals surface area contributed by atoms with Gasteiger partial charge >= 0.3 is 11.7 Å². The van der Waals surface area contributed by atoms with Crippen molar-refractivity contribution in [3.8, 4) is 0 Å². The molecule has 0 fully saturated rings. The van der Waals surface area contributed by atoms with Gasteiger partial charge in [-0.15, -0.1) is 0 Å². The number of methoxy groups -OCH3 is 1. The standard InChI is InChI=1S/C8H5F2IN2O4/c1-17-8(14)4-3(13(15)16)2-12-7(11)5(4)6(9)10/h2,6H,1H3. The first-order valence-corrected chi connectivity index (χ1v) is 5.17. The number of alkyl halides is 2. The lowest BCUT2D eigenvalue weighted by Gasteiger charge is -2.08. The minimum Gasteiger partial charge on any atom is -0.465 e. The van der Waals surface area contributed by atoms with E-state index in [0.29, 0.717) is 0 Å². The lowest BCUT2D eigenvalue weighted by molar-refractivity contribution is -0.385. The molecular weight excluding hydrogens is 353 g/mol. The maximum Gasteiger partial charge on any atom is 0.345 e. The molecule has 1 heterocycles. The van der Waals surface area contributed by atoms with Gasteiger partial charge in [-0.25, -0.2) is 18.6 Å². The second-order valence-corrected chi connectivity index (χ2v) is 3.79. The van der Waals surface area contributed by atoms with Crippen molar-refractivity contribution in [1.82, 2.24) is 4.98 Å². The Morgan fingerprint density at radius 2 is 2.24 bits per heavy atom. The number of esters is 1. The van der Waals surface area contributed by atoms with E-state index in [1.54, 1.807) is 0 Å². The minimum absolute atomic E-state index is 0.177. The summed E-state index contributed by atoms with van der Waals surface area (Å²) in [5.41, 5.74) is -2.34. The first kappa shape index (κ1) is 13.7. The number of rotatable bonds is 3. The number of carbonyl (C=O) groups is 1. The van der Waals surface area contributed by atoms with Gasteiger partial charge < -0.3 is 4.74 Å². The molecule has 0 spiro atoms. The van der Waals surface area contributed by atoms with Gasteiger partial charge in [0, 0.05) is 0 Å². The highest BCUT2D eigenvalue weighted by molar-refractivity contribution is 14.1. The zero-order valence-electron chi connectivity index (χ0n) is 8.32. The van der Waals surface area contributed by atoms with Gasteiger partial charge in [0.15, 0.2) is 5.56 Å². The highest BCUT2D eigenvalue weighted by Crippen LogP contribution is 2.32. The summed E-state index contributed by atoms with van der Waals surface area (Å²) >= 11 is 1.47. The fourth-order valence-corrected chi connectivity index (χ4v) is 1.79. The highest BCUT2D eigenvalue weighted by atomic mass is 127. The number of halogens is 3. The van der Waals surface area contributed by atoms with E-state index >= 15 is 0 Å². The fourth-order valence-electron chi connectivity index (χ4n) is 1.15. The molecule has 0 aliphatic rings. The highest BCUT2D eigenvalue weighted by Gasteiger charge is 2.31. The predicted octanol–water partition coefficient (Wildman–Crippen LogP) is 2.32. The molecule has 0 aliphatic heterocycles. The van der Waals surface area contributed by atoms with Gasteiger partial charge in [-0.3, -0.25) is 10.1 Å². The Balaban J connectivity index is 3.61. The van der Waals surface area contributed by atoms with E-state index in [0.717, 1.165) is 13.3 Å². The zero-order valence-corrected chi connectivity index (χ0v) is 10.5. The largest absolute Gasteiger partial charge is 0.465 e. The first-order valence-electron chi connectivity index (χ1n) is 4.09. The SMILES string of the molecule is COC(=O)c1c([N+](=O)[O-])cnc(I)c1C(F)F. The number of ether oxygens (including phenoxy) is 1. The lowest BCUT2D eigenvalue weighted by Crippen LogP contribution is -2.12. The summed E-state index contributed by atoms with van der Waals surface area (Å²) in [4.78, 5) is 24.5. The van der Waals surface area contributed by atoms with Crippen molar-refractivity contribution < 1.29 is 23.2 Å². The number of aromatic nitrogens is 1. The topological polar surface area (TPSA) is 82.3 Å².